The Morgan fingerprint density at radius 2 is 1.41 bits per heavy atom. The SMILES string of the molecule is N#C[C@H]1C(=O)N(c2ccc(Cl)cc2)C(c2ccccc2)=C[C@@H]1c1ccc(Cl)cc1. The van der Waals surface area contributed by atoms with Gasteiger partial charge in [-0.15, -0.1) is 0 Å². The van der Waals surface area contributed by atoms with Crippen LogP contribution in [0.3, 0.4) is 0 Å². The topological polar surface area (TPSA) is 44.1 Å². The van der Waals surface area contributed by atoms with Crippen LogP contribution in [-0.2, 0) is 4.79 Å². The molecule has 0 unspecified atom stereocenters. The van der Waals surface area contributed by atoms with Crippen molar-refractivity contribution < 1.29 is 4.79 Å². The number of hydrogen-bond acceptors (Lipinski definition) is 2. The van der Waals surface area contributed by atoms with Crippen molar-refractivity contribution in [1.82, 2.24) is 0 Å². The zero-order valence-electron chi connectivity index (χ0n) is 15.3. The minimum Gasteiger partial charge on any atom is -0.280 e. The summed E-state index contributed by atoms with van der Waals surface area (Å²) in [6, 6.07) is 26.2. The lowest BCUT2D eigenvalue weighted by atomic mass is 9.81. The molecule has 5 heteroatoms. The van der Waals surface area contributed by atoms with Gasteiger partial charge in [-0.25, -0.2) is 0 Å². The lowest BCUT2D eigenvalue weighted by molar-refractivity contribution is -0.120. The number of allylic oxidation sites excluding steroid dienone is 1. The van der Waals surface area contributed by atoms with Gasteiger partial charge in [-0.3, -0.25) is 9.69 Å². The summed E-state index contributed by atoms with van der Waals surface area (Å²) < 4.78 is 0. The van der Waals surface area contributed by atoms with Crippen molar-refractivity contribution >= 4 is 40.5 Å². The van der Waals surface area contributed by atoms with E-state index >= 15 is 0 Å². The van der Waals surface area contributed by atoms with Gasteiger partial charge < -0.3 is 0 Å². The first kappa shape index (κ1) is 19.3. The number of amides is 1. The molecule has 0 saturated heterocycles. The predicted octanol–water partition coefficient (Wildman–Crippen LogP) is 6.30. The van der Waals surface area contributed by atoms with Crippen molar-refractivity contribution in [3.05, 3.63) is 106 Å². The maximum absolute atomic E-state index is 13.5. The molecule has 0 bridgehead atoms. The van der Waals surface area contributed by atoms with Crippen LogP contribution < -0.4 is 4.90 Å². The number of rotatable bonds is 3. The monoisotopic (exact) mass is 418 g/mol. The Morgan fingerprint density at radius 3 is 2.00 bits per heavy atom. The molecule has 0 aliphatic carbocycles. The number of carbonyl (C=O) groups is 1. The van der Waals surface area contributed by atoms with Gasteiger partial charge in [0.05, 0.1) is 11.8 Å². The van der Waals surface area contributed by atoms with E-state index in [1.807, 2.05) is 48.5 Å². The van der Waals surface area contributed by atoms with E-state index in [1.165, 1.54) is 0 Å². The summed E-state index contributed by atoms with van der Waals surface area (Å²) >= 11 is 12.1. The fourth-order valence-electron chi connectivity index (χ4n) is 3.55. The van der Waals surface area contributed by atoms with Crippen molar-refractivity contribution in [1.29, 1.82) is 5.26 Å². The van der Waals surface area contributed by atoms with E-state index < -0.39 is 5.92 Å². The highest BCUT2D eigenvalue weighted by atomic mass is 35.5. The van der Waals surface area contributed by atoms with Gasteiger partial charge in [-0.05, 0) is 47.5 Å². The summed E-state index contributed by atoms with van der Waals surface area (Å²) in [6.45, 7) is 0. The molecule has 1 aliphatic heterocycles. The van der Waals surface area contributed by atoms with Crippen LogP contribution in [0.5, 0.6) is 0 Å². The minimum absolute atomic E-state index is 0.267. The Labute approximate surface area is 179 Å². The lowest BCUT2D eigenvalue weighted by Crippen LogP contribution is -2.40. The minimum atomic E-state index is -0.848. The number of nitrogens with zero attached hydrogens (tertiary/aromatic N) is 2. The summed E-state index contributed by atoms with van der Waals surface area (Å²) in [5.74, 6) is -1.49. The predicted molar refractivity (Wildman–Crippen MR) is 117 cm³/mol. The molecule has 1 amide bonds. The van der Waals surface area contributed by atoms with E-state index in [1.54, 1.807) is 41.3 Å². The number of benzene rings is 3. The van der Waals surface area contributed by atoms with Gasteiger partial charge in [-0.2, -0.15) is 5.26 Å². The Hall–Kier alpha value is -3.06. The van der Waals surface area contributed by atoms with Gasteiger partial charge in [0.1, 0.15) is 5.92 Å². The summed E-state index contributed by atoms with van der Waals surface area (Å²) in [6.07, 6.45) is 1.99. The standard InChI is InChI=1S/C24H16Cl2N2O/c25-18-8-6-16(7-9-18)21-14-23(17-4-2-1-3-5-17)28(24(29)22(21)15-27)20-12-10-19(26)11-13-20/h1-14,21-22H/t21-,22-/m1/s1. The van der Waals surface area contributed by atoms with Gasteiger partial charge in [0.15, 0.2) is 0 Å². The molecule has 1 heterocycles. The van der Waals surface area contributed by atoms with Gasteiger partial charge in [-0.1, -0.05) is 71.7 Å². The van der Waals surface area contributed by atoms with Crippen LogP contribution in [0.2, 0.25) is 10.0 Å². The molecule has 4 rings (SSSR count). The van der Waals surface area contributed by atoms with Crippen LogP contribution in [0.15, 0.2) is 84.9 Å². The molecule has 0 fully saturated rings. The number of hydrogen-bond donors (Lipinski definition) is 0. The van der Waals surface area contributed by atoms with Crippen molar-refractivity contribution in [2.24, 2.45) is 5.92 Å². The van der Waals surface area contributed by atoms with Crippen LogP contribution in [0, 0.1) is 17.2 Å². The maximum Gasteiger partial charge on any atom is 0.249 e. The lowest BCUT2D eigenvalue weighted by Gasteiger charge is -2.35. The molecule has 0 N–H and O–H groups in total. The van der Waals surface area contributed by atoms with Gasteiger partial charge in [0.25, 0.3) is 0 Å². The zero-order chi connectivity index (χ0) is 20.4. The summed E-state index contributed by atoms with van der Waals surface area (Å²) in [5.41, 5.74) is 3.18. The number of anilines is 1. The first-order valence-electron chi connectivity index (χ1n) is 9.10. The summed E-state index contributed by atoms with van der Waals surface area (Å²) in [4.78, 5) is 15.1. The average molecular weight is 419 g/mol. The Kier molecular flexibility index (Phi) is 5.40. The number of halogens is 2. The van der Waals surface area contributed by atoms with E-state index in [0.29, 0.717) is 15.7 Å². The average Bonchev–Trinajstić information content (AvgIpc) is 2.75. The first-order chi connectivity index (χ1) is 14.1. The number of carbonyl (C=O) groups excluding carboxylic acids is 1. The molecular formula is C24H16Cl2N2O. The smallest absolute Gasteiger partial charge is 0.249 e. The fraction of sp³-hybridized carbons (Fsp3) is 0.0833. The molecule has 0 spiro atoms. The zero-order valence-corrected chi connectivity index (χ0v) is 16.8. The molecule has 3 nitrogen and oxygen atoms in total. The second-order valence-corrected chi connectivity index (χ2v) is 7.62. The largest absolute Gasteiger partial charge is 0.280 e. The summed E-state index contributed by atoms with van der Waals surface area (Å²) in [5, 5.41) is 11.0. The molecular weight excluding hydrogens is 403 g/mol. The van der Waals surface area contributed by atoms with Crippen molar-refractivity contribution in [2.75, 3.05) is 4.90 Å². The Morgan fingerprint density at radius 1 is 0.828 bits per heavy atom. The molecule has 3 aromatic rings. The van der Waals surface area contributed by atoms with Crippen molar-refractivity contribution in [2.45, 2.75) is 5.92 Å². The number of nitriles is 1. The molecule has 0 radical (unpaired) electrons. The van der Waals surface area contributed by atoms with Crippen molar-refractivity contribution in [3.63, 3.8) is 0 Å². The van der Waals surface area contributed by atoms with E-state index in [9.17, 15) is 10.1 Å². The molecule has 2 atom stereocenters. The highest BCUT2D eigenvalue weighted by Crippen LogP contribution is 2.40. The molecule has 0 aromatic heterocycles. The fourth-order valence-corrected chi connectivity index (χ4v) is 3.80. The van der Waals surface area contributed by atoms with Crippen LogP contribution in [0.4, 0.5) is 5.69 Å². The van der Waals surface area contributed by atoms with Crippen LogP contribution in [0.1, 0.15) is 17.0 Å². The molecule has 29 heavy (non-hydrogen) atoms. The second-order valence-electron chi connectivity index (χ2n) is 6.75. The third-order valence-electron chi connectivity index (χ3n) is 4.97. The van der Waals surface area contributed by atoms with Gasteiger partial charge in [0, 0.05) is 21.7 Å². The third-order valence-corrected chi connectivity index (χ3v) is 5.48. The van der Waals surface area contributed by atoms with E-state index in [-0.39, 0.29) is 11.8 Å². The molecule has 0 saturated carbocycles. The second kappa shape index (κ2) is 8.13. The molecule has 1 aliphatic rings. The molecule has 142 valence electrons. The third kappa shape index (κ3) is 3.78. The Bertz CT molecular complexity index is 1100. The van der Waals surface area contributed by atoms with Crippen LogP contribution in [0.25, 0.3) is 5.70 Å². The maximum atomic E-state index is 13.5. The van der Waals surface area contributed by atoms with Gasteiger partial charge in [0.2, 0.25) is 5.91 Å². The molecule has 3 aromatic carbocycles. The van der Waals surface area contributed by atoms with Crippen LogP contribution >= 0.6 is 23.2 Å². The van der Waals surface area contributed by atoms with Crippen LogP contribution in [-0.4, -0.2) is 5.91 Å². The van der Waals surface area contributed by atoms with E-state index in [4.69, 9.17) is 23.2 Å². The summed E-state index contributed by atoms with van der Waals surface area (Å²) in [7, 11) is 0. The highest BCUT2D eigenvalue weighted by molar-refractivity contribution is 6.31. The van der Waals surface area contributed by atoms with E-state index in [2.05, 4.69) is 6.07 Å². The van der Waals surface area contributed by atoms with E-state index in [0.717, 1.165) is 16.8 Å². The van der Waals surface area contributed by atoms with Gasteiger partial charge >= 0.3 is 0 Å². The highest BCUT2D eigenvalue weighted by Gasteiger charge is 2.39. The first-order valence-corrected chi connectivity index (χ1v) is 9.86. The van der Waals surface area contributed by atoms with Crippen molar-refractivity contribution in [3.8, 4) is 6.07 Å². The normalized spacial score (nSPS) is 18.9. The quantitative estimate of drug-likeness (QED) is 0.500. The Balaban J connectivity index is 1.90.